The maximum atomic E-state index is 11.8. The van der Waals surface area contributed by atoms with E-state index in [0.29, 0.717) is 0 Å². The van der Waals surface area contributed by atoms with E-state index in [0.717, 1.165) is 25.7 Å². The van der Waals surface area contributed by atoms with Crippen LogP contribution in [0.3, 0.4) is 0 Å². The highest BCUT2D eigenvalue weighted by Crippen LogP contribution is 2.49. The van der Waals surface area contributed by atoms with Crippen molar-refractivity contribution in [2.24, 2.45) is 5.41 Å². The molecule has 0 aromatic rings. The molecule has 0 aliphatic heterocycles. The minimum absolute atomic E-state index is 0.00354. The maximum Gasteiger partial charge on any atom is 0.192 e. The Labute approximate surface area is 130 Å². The third kappa shape index (κ3) is 3.24. The first kappa shape index (κ1) is 16.7. The van der Waals surface area contributed by atoms with Gasteiger partial charge in [-0.05, 0) is 56.0 Å². The van der Waals surface area contributed by atoms with Gasteiger partial charge in [0.15, 0.2) is 14.1 Å². The van der Waals surface area contributed by atoms with Crippen LogP contribution in [0.1, 0.15) is 53.4 Å². The van der Waals surface area contributed by atoms with Crippen molar-refractivity contribution in [3.63, 3.8) is 0 Å². The van der Waals surface area contributed by atoms with Crippen LogP contribution in [-0.2, 0) is 9.22 Å². The fourth-order valence-electron chi connectivity index (χ4n) is 3.15. The molecule has 21 heavy (non-hydrogen) atoms. The van der Waals surface area contributed by atoms with E-state index >= 15 is 0 Å². The summed E-state index contributed by atoms with van der Waals surface area (Å²) >= 11 is 0. The first-order chi connectivity index (χ1) is 9.56. The van der Waals surface area contributed by atoms with Crippen molar-refractivity contribution in [2.45, 2.75) is 77.6 Å². The molecule has 2 aliphatic rings. The molecule has 0 radical (unpaired) electrons. The van der Waals surface area contributed by atoms with Crippen molar-refractivity contribution in [3.8, 4) is 0 Å². The van der Waals surface area contributed by atoms with E-state index in [2.05, 4.69) is 40.8 Å². The fourth-order valence-corrected chi connectivity index (χ4v) is 4.59. The summed E-state index contributed by atoms with van der Waals surface area (Å²) in [5.41, 5.74) is 1.30. The Balaban J connectivity index is 2.30. The highest BCUT2D eigenvalue weighted by Gasteiger charge is 2.46. The van der Waals surface area contributed by atoms with E-state index in [4.69, 9.17) is 4.43 Å². The normalized spacial score (nSPS) is 30.7. The van der Waals surface area contributed by atoms with Crippen LogP contribution in [0.4, 0.5) is 0 Å². The molecule has 2 atom stereocenters. The van der Waals surface area contributed by atoms with Gasteiger partial charge in [-0.1, -0.05) is 39.3 Å². The van der Waals surface area contributed by atoms with Gasteiger partial charge < -0.3 is 4.43 Å². The van der Waals surface area contributed by atoms with Gasteiger partial charge in [-0.15, -0.1) is 0 Å². The molecule has 0 saturated heterocycles. The van der Waals surface area contributed by atoms with Crippen molar-refractivity contribution < 1.29 is 9.22 Å². The third-order valence-electron chi connectivity index (χ3n) is 5.74. The molecule has 0 heterocycles. The van der Waals surface area contributed by atoms with Crippen LogP contribution in [0.5, 0.6) is 0 Å². The lowest BCUT2D eigenvalue weighted by molar-refractivity contribution is -0.110. The number of ketones is 1. The Morgan fingerprint density at radius 3 is 2.62 bits per heavy atom. The monoisotopic (exact) mass is 306 g/mol. The molecule has 0 N–H and O–H groups in total. The Kier molecular flexibility index (Phi) is 4.38. The second-order valence-corrected chi connectivity index (χ2v) is 13.1. The zero-order valence-corrected chi connectivity index (χ0v) is 15.5. The lowest BCUT2D eigenvalue weighted by Gasteiger charge is -2.48. The zero-order chi connectivity index (χ0) is 15.9. The highest BCUT2D eigenvalue weighted by atomic mass is 28.4. The average molecular weight is 307 g/mol. The molecule has 118 valence electrons. The van der Waals surface area contributed by atoms with Crippen LogP contribution in [0.25, 0.3) is 0 Å². The summed E-state index contributed by atoms with van der Waals surface area (Å²) in [7, 11) is -1.79. The van der Waals surface area contributed by atoms with Crippen LogP contribution in [-0.4, -0.2) is 20.2 Å². The molecule has 0 aromatic carbocycles. The number of carbonyl (C=O) groups is 1. The van der Waals surface area contributed by atoms with Crippen molar-refractivity contribution in [3.05, 3.63) is 23.8 Å². The van der Waals surface area contributed by atoms with Crippen LogP contribution in [0.15, 0.2) is 23.8 Å². The fraction of sp³-hybridized carbons (Fsp3) is 0.722. The standard InChI is InChI=1S/C18H30O2Si/c1-17(2,3)21(5,6)20-16-11-7-9-14-13-15(19)10-8-12-18(14,16)4/h8,10,13,16H,7,9,11-12H2,1-6H3/t16-,18-/m0/s1. The van der Waals surface area contributed by atoms with E-state index in [1.807, 2.05) is 12.2 Å². The summed E-state index contributed by atoms with van der Waals surface area (Å²) < 4.78 is 6.76. The first-order valence-electron chi connectivity index (χ1n) is 8.16. The highest BCUT2D eigenvalue weighted by molar-refractivity contribution is 6.74. The Hall–Kier alpha value is -0.673. The van der Waals surface area contributed by atoms with Gasteiger partial charge in [0.2, 0.25) is 0 Å². The van der Waals surface area contributed by atoms with E-state index in [-0.39, 0.29) is 22.3 Å². The Morgan fingerprint density at radius 2 is 2.00 bits per heavy atom. The molecule has 0 amide bonds. The Bertz CT molecular complexity index is 482. The number of hydrogen-bond donors (Lipinski definition) is 0. The van der Waals surface area contributed by atoms with E-state index in [1.165, 1.54) is 5.57 Å². The molecule has 1 saturated carbocycles. The summed E-state index contributed by atoms with van der Waals surface area (Å²) in [6.07, 6.45) is 10.1. The summed E-state index contributed by atoms with van der Waals surface area (Å²) in [5.74, 6) is 0.140. The summed E-state index contributed by atoms with van der Waals surface area (Å²) in [6.45, 7) is 13.8. The van der Waals surface area contributed by atoms with Gasteiger partial charge in [0, 0.05) is 5.41 Å². The van der Waals surface area contributed by atoms with E-state index in [9.17, 15) is 4.79 Å². The second-order valence-electron chi connectivity index (χ2n) is 8.35. The lowest BCUT2D eigenvalue weighted by atomic mass is 9.68. The Morgan fingerprint density at radius 1 is 1.33 bits per heavy atom. The molecule has 0 bridgehead atoms. The van der Waals surface area contributed by atoms with Crippen molar-refractivity contribution in [1.29, 1.82) is 0 Å². The SMILES string of the molecule is CC(C)(C)[Si](C)(C)O[C@H]1CCCC2=CC(=O)C=CC[C@@]21C. The molecule has 2 rings (SSSR count). The van der Waals surface area contributed by atoms with Gasteiger partial charge in [0.1, 0.15) is 0 Å². The molecule has 2 aliphatic carbocycles. The summed E-state index contributed by atoms with van der Waals surface area (Å²) in [4.78, 5) is 11.8. The number of carbonyl (C=O) groups excluding carboxylic acids is 1. The van der Waals surface area contributed by atoms with Gasteiger partial charge >= 0.3 is 0 Å². The molecule has 0 spiro atoms. The van der Waals surface area contributed by atoms with Gasteiger partial charge in [0.05, 0.1) is 6.10 Å². The minimum Gasteiger partial charge on any atom is -0.413 e. The van der Waals surface area contributed by atoms with Crippen molar-refractivity contribution in [2.75, 3.05) is 0 Å². The predicted octanol–water partition coefficient (Wildman–Crippen LogP) is 5.02. The average Bonchev–Trinajstić information content (AvgIpc) is 2.47. The van der Waals surface area contributed by atoms with Gasteiger partial charge in [0.25, 0.3) is 0 Å². The van der Waals surface area contributed by atoms with Gasteiger partial charge in [-0.25, -0.2) is 0 Å². The smallest absolute Gasteiger partial charge is 0.192 e. The van der Waals surface area contributed by atoms with Crippen molar-refractivity contribution in [1.82, 2.24) is 0 Å². The van der Waals surface area contributed by atoms with Crippen LogP contribution >= 0.6 is 0 Å². The zero-order valence-electron chi connectivity index (χ0n) is 14.5. The van der Waals surface area contributed by atoms with Crippen LogP contribution in [0, 0.1) is 5.41 Å². The first-order valence-corrected chi connectivity index (χ1v) is 11.1. The molecular weight excluding hydrogens is 276 g/mol. The molecule has 3 heteroatoms. The van der Waals surface area contributed by atoms with Crippen LogP contribution in [0.2, 0.25) is 18.1 Å². The number of hydrogen-bond acceptors (Lipinski definition) is 2. The van der Waals surface area contributed by atoms with Crippen LogP contribution < -0.4 is 0 Å². The maximum absolute atomic E-state index is 11.8. The quantitative estimate of drug-likeness (QED) is 0.669. The molecule has 2 nitrogen and oxygen atoms in total. The predicted molar refractivity (Wildman–Crippen MR) is 90.9 cm³/mol. The number of fused-ring (bicyclic) bond motifs is 1. The molecule has 0 unspecified atom stereocenters. The van der Waals surface area contributed by atoms with E-state index < -0.39 is 8.32 Å². The lowest BCUT2D eigenvalue weighted by Crippen LogP contribution is -2.50. The van der Waals surface area contributed by atoms with Gasteiger partial charge in [-0.3, -0.25) is 4.79 Å². The topological polar surface area (TPSA) is 26.3 Å². The van der Waals surface area contributed by atoms with E-state index in [1.54, 1.807) is 6.08 Å². The molecule has 0 aromatic heterocycles. The van der Waals surface area contributed by atoms with Gasteiger partial charge in [-0.2, -0.15) is 0 Å². The third-order valence-corrected chi connectivity index (χ3v) is 10.2. The summed E-state index contributed by atoms with van der Waals surface area (Å²) in [6, 6.07) is 0. The summed E-state index contributed by atoms with van der Waals surface area (Å²) in [5, 5.41) is 0.223. The largest absolute Gasteiger partial charge is 0.413 e. The minimum atomic E-state index is -1.79. The van der Waals surface area contributed by atoms with Crippen molar-refractivity contribution >= 4 is 14.1 Å². The molecule has 1 fully saturated rings. The number of rotatable bonds is 2. The second kappa shape index (κ2) is 5.51. The number of allylic oxidation sites excluding steroid dienone is 3. The molecular formula is C18H30O2Si.